The first-order chi connectivity index (χ1) is 5.35. The summed E-state index contributed by atoms with van der Waals surface area (Å²) in [6.45, 7) is 2.76. The van der Waals surface area contributed by atoms with Crippen LogP contribution in [0.5, 0.6) is 0 Å². The van der Waals surface area contributed by atoms with Gasteiger partial charge in [-0.3, -0.25) is 0 Å². The number of hydrogen-bond acceptors (Lipinski definition) is 2. The first-order valence-electron chi connectivity index (χ1n) is 4.56. The van der Waals surface area contributed by atoms with Gasteiger partial charge in [-0.15, -0.1) is 0 Å². The lowest BCUT2D eigenvalue weighted by Crippen LogP contribution is -2.02. The highest BCUT2D eigenvalue weighted by atomic mass is 16.3. The second kappa shape index (κ2) is 8.02. The molecule has 2 nitrogen and oxygen atoms in total. The smallest absolute Gasteiger partial charge is 0.0433 e. The van der Waals surface area contributed by atoms with Crippen molar-refractivity contribution in [1.82, 2.24) is 0 Å². The molecule has 0 spiro atoms. The molecule has 0 rings (SSSR count). The summed E-state index contributed by atoms with van der Waals surface area (Å²) in [7, 11) is 0. The van der Waals surface area contributed by atoms with Gasteiger partial charge < -0.3 is 10.2 Å². The van der Waals surface area contributed by atoms with Gasteiger partial charge in [-0.25, -0.2) is 0 Å². The monoisotopic (exact) mass is 160 g/mol. The van der Waals surface area contributed by atoms with Crippen LogP contribution >= 0.6 is 0 Å². The minimum absolute atomic E-state index is 0.301. The van der Waals surface area contributed by atoms with Gasteiger partial charge in [-0.2, -0.15) is 0 Å². The number of hydrogen-bond donors (Lipinski definition) is 2. The van der Waals surface area contributed by atoms with Gasteiger partial charge in [0.15, 0.2) is 0 Å². The predicted molar refractivity (Wildman–Crippen MR) is 46.4 cm³/mol. The van der Waals surface area contributed by atoms with Crippen molar-refractivity contribution in [3.05, 3.63) is 0 Å². The molecule has 0 bridgehead atoms. The fourth-order valence-corrected chi connectivity index (χ4v) is 1.28. The Morgan fingerprint density at radius 1 is 1.00 bits per heavy atom. The minimum Gasteiger partial charge on any atom is -0.396 e. The molecule has 0 radical (unpaired) electrons. The quantitative estimate of drug-likeness (QED) is 0.555. The van der Waals surface area contributed by atoms with E-state index in [1.165, 1.54) is 0 Å². The van der Waals surface area contributed by atoms with Crippen LogP contribution in [0.3, 0.4) is 0 Å². The zero-order chi connectivity index (χ0) is 8.53. The van der Waals surface area contributed by atoms with E-state index in [0.717, 1.165) is 32.1 Å². The number of rotatable bonds is 7. The number of aliphatic hydroxyl groups excluding tert-OH is 2. The second-order valence-corrected chi connectivity index (χ2v) is 3.01. The molecule has 68 valence electrons. The van der Waals surface area contributed by atoms with Crippen LogP contribution in [0.4, 0.5) is 0 Å². The standard InChI is InChI=1S/C9H20O2/c1-2-9(6-8-11)5-3-4-7-10/h9-11H,2-8H2,1H3/t9-/m0/s1. The van der Waals surface area contributed by atoms with E-state index in [-0.39, 0.29) is 0 Å². The van der Waals surface area contributed by atoms with Crippen LogP contribution < -0.4 is 0 Å². The fourth-order valence-electron chi connectivity index (χ4n) is 1.28. The molecule has 0 amide bonds. The second-order valence-electron chi connectivity index (χ2n) is 3.01. The van der Waals surface area contributed by atoms with Crippen LogP contribution in [0.15, 0.2) is 0 Å². The summed E-state index contributed by atoms with van der Waals surface area (Å²) in [5.74, 6) is 0.659. The van der Waals surface area contributed by atoms with Crippen LogP contribution in [0.1, 0.15) is 39.0 Å². The maximum Gasteiger partial charge on any atom is 0.0433 e. The highest BCUT2D eigenvalue weighted by Crippen LogP contribution is 2.15. The van der Waals surface area contributed by atoms with Crippen LogP contribution in [0, 0.1) is 5.92 Å². The molecule has 0 fully saturated rings. The molecule has 0 aliphatic heterocycles. The lowest BCUT2D eigenvalue weighted by atomic mass is 9.96. The highest BCUT2D eigenvalue weighted by Gasteiger charge is 2.03. The molecule has 0 aromatic rings. The van der Waals surface area contributed by atoms with Crippen molar-refractivity contribution in [3.63, 3.8) is 0 Å². The van der Waals surface area contributed by atoms with E-state index in [9.17, 15) is 0 Å². The maximum atomic E-state index is 8.67. The van der Waals surface area contributed by atoms with Crippen LogP contribution in [-0.2, 0) is 0 Å². The number of unbranched alkanes of at least 4 members (excludes halogenated alkanes) is 1. The largest absolute Gasteiger partial charge is 0.396 e. The van der Waals surface area contributed by atoms with Gasteiger partial charge >= 0.3 is 0 Å². The Morgan fingerprint density at radius 2 is 1.73 bits per heavy atom. The highest BCUT2D eigenvalue weighted by molar-refractivity contribution is 4.56. The van der Waals surface area contributed by atoms with Gasteiger partial charge in [0.25, 0.3) is 0 Å². The Labute approximate surface area is 69.2 Å². The molecule has 0 aliphatic rings. The third kappa shape index (κ3) is 6.32. The molecule has 0 saturated heterocycles. The van der Waals surface area contributed by atoms with Crippen molar-refractivity contribution < 1.29 is 10.2 Å². The van der Waals surface area contributed by atoms with E-state index in [1.54, 1.807) is 0 Å². The Morgan fingerprint density at radius 3 is 2.18 bits per heavy atom. The Kier molecular flexibility index (Phi) is 7.96. The topological polar surface area (TPSA) is 40.5 Å². The average Bonchev–Trinajstić information content (AvgIpc) is 2.03. The molecule has 2 N–H and O–H groups in total. The van der Waals surface area contributed by atoms with Crippen molar-refractivity contribution in [2.45, 2.75) is 39.0 Å². The lowest BCUT2D eigenvalue weighted by Gasteiger charge is -2.11. The molecule has 0 unspecified atom stereocenters. The van der Waals surface area contributed by atoms with Crippen LogP contribution in [0.25, 0.3) is 0 Å². The first kappa shape index (κ1) is 10.9. The summed E-state index contributed by atoms with van der Waals surface area (Å²) >= 11 is 0. The molecular weight excluding hydrogens is 140 g/mol. The van der Waals surface area contributed by atoms with Crippen molar-refractivity contribution in [2.75, 3.05) is 13.2 Å². The zero-order valence-corrected chi connectivity index (χ0v) is 7.42. The summed E-state index contributed by atoms with van der Waals surface area (Å²) < 4.78 is 0. The summed E-state index contributed by atoms with van der Waals surface area (Å²) in [5.41, 5.74) is 0. The summed E-state index contributed by atoms with van der Waals surface area (Å²) in [6, 6.07) is 0. The van der Waals surface area contributed by atoms with E-state index in [1.807, 2.05) is 0 Å². The molecule has 0 aliphatic carbocycles. The Hall–Kier alpha value is -0.0800. The predicted octanol–water partition coefficient (Wildman–Crippen LogP) is 1.56. The molecule has 1 atom stereocenters. The van der Waals surface area contributed by atoms with E-state index in [4.69, 9.17) is 10.2 Å². The SMILES string of the molecule is CC[C@H](CCO)CCCCO. The summed E-state index contributed by atoms with van der Waals surface area (Å²) in [5, 5.41) is 17.2. The molecule has 0 heterocycles. The van der Waals surface area contributed by atoms with Gasteiger partial charge in [0.05, 0.1) is 0 Å². The van der Waals surface area contributed by atoms with Crippen molar-refractivity contribution in [3.8, 4) is 0 Å². The van der Waals surface area contributed by atoms with Crippen molar-refractivity contribution >= 4 is 0 Å². The molecule has 0 aromatic heterocycles. The van der Waals surface area contributed by atoms with E-state index >= 15 is 0 Å². The van der Waals surface area contributed by atoms with Gasteiger partial charge in [-0.1, -0.05) is 26.2 Å². The van der Waals surface area contributed by atoms with Crippen LogP contribution in [0.2, 0.25) is 0 Å². The molecule has 0 saturated carbocycles. The third-order valence-corrected chi connectivity index (χ3v) is 2.14. The Bertz CT molecular complexity index is 74.0. The Balaban J connectivity index is 3.20. The average molecular weight is 160 g/mol. The van der Waals surface area contributed by atoms with E-state index < -0.39 is 0 Å². The van der Waals surface area contributed by atoms with E-state index in [2.05, 4.69) is 6.92 Å². The third-order valence-electron chi connectivity index (χ3n) is 2.14. The van der Waals surface area contributed by atoms with Gasteiger partial charge in [0.1, 0.15) is 0 Å². The number of aliphatic hydroxyl groups is 2. The van der Waals surface area contributed by atoms with Crippen LogP contribution in [-0.4, -0.2) is 23.4 Å². The molecular formula is C9H20O2. The van der Waals surface area contributed by atoms with Gasteiger partial charge in [0.2, 0.25) is 0 Å². The fraction of sp³-hybridized carbons (Fsp3) is 1.00. The van der Waals surface area contributed by atoms with Gasteiger partial charge in [0, 0.05) is 13.2 Å². The first-order valence-corrected chi connectivity index (χ1v) is 4.56. The van der Waals surface area contributed by atoms with Gasteiger partial charge in [-0.05, 0) is 18.8 Å². The summed E-state index contributed by atoms with van der Waals surface area (Å²) in [6.07, 6.45) is 5.21. The molecule has 11 heavy (non-hydrogen) atoms. The maximum absolute atomic E-state index is 8.67. The van der Waals surface area contributed by atoms with E-state index in [0.29, 0.717) is 19.1 Å². The normalized spacial score (nSPS) is 13.4. The van der Waals surface area contributed by atoms with Crippen molar-refractivity contribution in [2.24, 2.45) is 5.92 Å². The minimum atomic E-state index is 0.301. The van der Waals surface area contributed by atoms with Crippen molar-refractivity contribution in [1.29, 1.82) is 0 Å². The lowest BCUT2D eigenvalue weighted by molar-refractivity contribution is 0.239. The molecule has 2 heteroatoms. The zero-order valence-electron chi connectivity index (χ0n) is 7.42. The summed E-state index contributed by atoms with van der Waals surface area (Å²) in [4.78, 5) is 0. The molecule has 0 aromatic carbocycles.